The van der Waals surface area contributed by atoms with Crippen LogP contribution in [-0.2, 0) is 18.8 Å². The van der Waals surface area contributed by atoms with Gasteiger partial charge in [-0.2, -0.15) is 0 Å². The Morgan fingerprint density at radius 1 is 1.07 bits per heavy atom. The van der Waals surface area contributed by atoms with Crippen LogP contribution in [-0.4, -0.2) is 44.0 Å². The van der Waals surface area contributed by atoms with E-state index in [1.807, 2.05) is 34.6 Å². The van der Waals surface area contributed by atoms with Gasteiger partial charge in [0.25, 0.3) is 0 Å². The third kappa shape index (κ3) is 4.55. The summed E-state index contributed by atoms with van der Waals surface area (Å²) in [7, 11) is -0.477. The monoisotopic (exact) mass is 387 g/mol. The first-order valence-corrected chi connectivity index (χ1v) is 10.6. The second-order valence-corrected chi connectivity index (χ2v) is 8.88. The van der Waals surface area contributed by atoms with Gasteiger partial charge in [-0.05, 0) is 71.6 Å². The molecule has 0 aromatic heterocycles. The summed E-state index contributed by atoms with van der Waals surface area (Å²) < 4.78 is 17.7. The average molecular weight is 387 g/mol. The van der Waals surface area contributed by atoms with Crippen LogP contribution in [0, 0.1) is 0 Å². The minimum atomic E-state index is -0.477. The maximum Gasteiger partial charge on any atom is 0.466 e. The maximum atomic E-state index is 12.3. The molecule has 2 saturated heterocycles. The van der Waals surface area contributed by atoms with Gasteiger partial charge in [-0.25, -0.2) is 0 Å². The van der Waals surface area contributed by atoms with Crippen molar-refractivity contribution in [2.45, 2.75) is 77.3 Å². The highest BCUT2D eigenvalue weighted by atomic mass is 16.7. The zero-order chi connectivity index (χ0) is 20.4. The zero-order valence-corrected chi connectivity index (χ0v) is 18.0. The van der Waals surface area contributed by atoms with Crippen LogP contribution in [0.3, 0.4) is 0 Å². The van der Waals surface area contributed by atoms with Crippen LogP contribution < -0.4 is 4.90 Å². The summed E-state index contributed by atoms with van der Waals surface area (Å²) in [5.74, 6) is -0.419. The number of anilines is 1. The number of hydrogen-bond donors (Lipinski definition) is 0. The molecule has 0 spiro atoms. The Bertz CT molecular complexity index is 652. The molecule has 0 saturated carbocycles. The average Bonchev–Trinajstić information content (AvgIpc) is 2.88. The van der Waals surface area contributed by atoms with Gasteiger partial charge in [0.15, 0.2) is 0 Å². The molecule has 0 aliphatic carbocycles. The summed E-state index contributed by atoms with van der Waals surface area (Å²) >= 11 is 0. The lowest BCUT2D eigenvalue weighted by Gasteiger charge is -2.32. The van der Waals surface area contributed by atoms with Crippen LogP contribution in [0.1, 0.15) is 71.7 Å². The Morgan fingerprint density at radius 2 is 1.64 bits per heavy atom. The van der Waals surface area contributed by atoms with E-state index in [1.165, 1.54) is 24.9 Å². The Kier molecular flexibility index (Phi) is 6.40. The molecular formula is C22H34BNO4. The molecule has 2 aliphatic rings. The highest BCUT2D eigenvalue weighted by Gasteiger charge is 2.54. The molecule has 1 aromatic rings. The minimum absolute atomic E-state index is 0.199. The van der Waals surface area contributed by atoms with Crippen molar-refractivity contribution in [1.82, 2.24) is 0 Å². The first kappa shape index (κ1) is 21.2. The van der Waals surface area contributed by atoms with Gasteiger partial charge in [0, 0.05) is 24.6 Å². The smallest absolute Gasteiger partial charge is 0.466 e. The predicted molar refractivity (Wildman–Crippen MR) is 113 cm³/mol. The lowest BCUT2D eigenvalue weighted by molar-refractivity contribution is -0.143. The summed E-state index contributed by atoms with van der Waals surface area (Å²) in [5.41, 5.74) is 1.43. The standard InChI is InChI=1S/C22H34BNO4/c1-6-26-20(25)16-19(23-27-21(2,3)22(4,5)28-23)17-10-12-18(13-11-17)24-14-8-7-9-15-24/h10-13,19H,6-9,14-16H2,1-5H3. The molecule has 0 amide bonds. The van der Waals surface area contributed by atoms with Crippen molar-refractivity contribution in [3.05, 3.63) is 29.8 Å². The van der Waals surface area contributed by atoms with E-state index >= 15 is 0 Å². The van der Waals surface area contributed by atoms with Gasteiger partial charge in [0.05, 0.1) is 24.2 Å². The van der Waals surface area contributed by atoms with Crippen LogP contribution in [0.5, 0.6) is 0 Å². The largest absolute Gasteiger partial charge is 0.466 e. The number of hydrogen-bond acceptors (Lipinski definition) is 5. The summed E-state index contributed by atoms with van der Waals surface area (Å²) in [5, 5.41) is 0. The topological polar surface area (TPSA) is 48.0 Å². The van der Waals surface area contributed by atoms with Crippen molar-refractivity contribution in [2.75, 3.05) is 24.6 Å². The molecule has 28 heavy (non-hydrogen) atoms. The fraction of sp³-hybridized carbons (Fsp3) is 0.682. The van der Waals surface area contributed by atoms with E-state index in [1.54, 1.807) is 0 Å². The van der Waals surface area contributed by atoms with E-state index in [2.05, 4.69) is 29.2 Å². The summed E-state index contributed by atoms with van der Waals surface area (Å²) in [6.45, 7) is 12.6. The molecule has 1 unspecified atom stereocenters. The predicted octanol–water partition coefficient (Wildman–Crippen LogP) is 4.35. The van der Waals surface area contributed by atoms with Gasteiger partial charge in [0.2, 0.25) is 0 Å². The van der Waals surface area contributed by atoms with Crippen molar-refractivity contribution < 1.29 is 18.8 Å². The van der Waals surface area contributed by atoms with Crippen LogP contribution >= 0.6 is 0 Å². The molecule has 5 nitrogen and oxygen atoms in total. The van der Waals surface area contributed by atoms with E-state index in [0.29, 0.717) is 6.61 Å². The van der Waals surface area contributed by atoms with Crippen molar-refractivity contribution in [1.29, 1.82) is 0 Å². The highest BCUT2D eigenvalue weighted by Crippen LogP contribution is 2.42. The molecule has 2 heterocycles. The van der Waals surface area contributed by atoms with Crippen molar-refractivity contribution >= 4 is 18.8 Å². The van der Waals surface area contributed by atoms with Crippen molar-refractivity contribution in [3.63, 3.8) is 0 Å². The maximum absolute atomic E-state index is 12.3. The Morgan fingerprint density at radius 3 is 2.18 bits per heavy atom. The lowest BCUT2D eigenvalue weighted by Crippen LogP contribution is -2.41. The molecule has 2 fully saturated rings. The first-order chi connectivity index (χ1) is 13.2. The van der Waals surface area contributed by atoms with Gasteiger partial charge in [-0.15, -0.1) is 0 Å². The van der Waals surface area contributed by atoms with E-state index < -0.39 is 18.3 Å². The molecule has 1 atom stereocenters. The van der Waals surface area contributed by atoms with Gasteiger partial charge in [0.1, 0.15) is 0 Å². The van der Waals surface area contributed by atoms with E-state index in [4.69, 9.17) is 14.0 Å². The number of carbonyl (C=O) groups is 1. The number of rotatable bonds is 6. The Labute approximate surface area is 169 Å². The zero-order valence-electron chi connectivity index (χ0n) is 18.0. The number of nitrogens with zero attached hydrogens (tertiary/aromatic N) is 1. The van der Waals surface area contributed by atoms with Gasteiger partial charge in [-0.3, -0.25) is 4.79 Å². The Balaban J connectivity index is 1.81. The molecule has 0 radical (unpaired) electrons. The second-order valence-electron chi connectivity index (χ2n) is 8.88. The number of ether oxygens (including phenoxy) is 1. The van der Waals surface area contributed by atoms with Gasteiger partial charge >= 0.3 is 13.1 Å². The fourth-order valence-corrected chi connectivity index (χ4v) is 3.91. The lowest BCUT2D eigenvalue weighted by atomic mass is 9.66. The van der Waals surface area contributed by atoms with Crippen molar-refractivity contribution in [2.24, 2.45) is 0 Å². The molecule has 3 rings (SSSR count). The second kappa shape index (κ2) is 8.46. The molecule has 6 heteroatoms. The number of carbonyl (C=O) groups excluding carboxylic acids is 1. The summed E-state index contributed by atoms with van der Waals surface area (Å²) in [4.78, 5) is 14.7. The normalized spacial score (nSPS) is 22.2. The van der Waals surface area contributed by atoms with Gasteiger partial charge < -0.3 is 18.9 Å². The highest BCUT2D eigenvalue weighted by molar-refractivity contribution is 6.48. The Hall–Kier alpha value is -1.53. The van der Waals surface area contributed by atoms with Crippen LogP contribution in [0.4, 0.5) is 5.69 Å². The quantitative estimate of drug-likeness (QED) is 0.537. The molecule has 0 bridgehead atoms. The third-order valence-corrected chi connectivity index (χ3v) is 6.33. The molecule has 154 valence electrons. The van der Waals surface area contributed by atoms with E-state index in [-0.39, 0.29) is 18.2 Å². The summed E-state index contributed by atoms with van der Waals surface area (Å²) in [6, 6.07) is 8.53. The minimum Gasteiger partial charge on any atom is -0.466 e. The third-order valence-electron chi connectivity index (χ3n) is 6.33. The fourth-order valence-electron chi connectivity index (χ4n) is 3.91. The van der Waals surface area contributed by atoms with E-state index in [0.717, 1.165) is 18.7 Å². The first-order valence-electron chi connectivity index (χ1n) is 10.6. The van der Waals surface area contributed by atoms with Crippen LogP contribution in [0.2, 0.25) is 0 Å². The molecular weight excluding hydrogens is 353 g/mol. The SMILES string of the molecule is CCOC(=O)CC(B1OC(C)(C)C(C)(C)O1)c1ccc(N2CCCCC2)cc1. The summed E-state index contributed by atoms with van der Waals surface area (Å²) in [6.07, 6.45) is 4.06. The number of piperidine rings is 1. The van der Waals surface area contributed by atoms with E-state index in [9.17, 15) is 4.79 Å². The van der Waals surface area contributed by atoms with Crippen LogP contribution in [0.25, 0.3) is 0 Å². The molecule has 1 aromatic carbocycles. The molecule has 2 aliphatic heterocycles. The molecule has 0 N–H and O–H groups in total. The van der Waals surface area contributed by atoms with Crippen molar-refractivity contribution in [3.8, 4) is 0 Å². The number of esters is 1. The number of benzene rings is 1. The van der Waals surface area contributed by atoms with Gasteiger partial charge in [-0.1, -0.05) is 12.1 Å². The van der Waals surface area contributed by atoms with Crippen LogP contribution in [0.15, 0.2) is 24.3 Å².